The quantitative estimate of drug-likeness (QED) is 0.335. The van der Waals surface area contributed by atoms with Gasteiger partial charge < -0.3 is 19.0 Å². The Morgan fingerprint density at radius 3 is 2.77 bits per heavy atom. The smallest absolute Gasteiger partial charge is 0.290 e. The Labute approximate surface area is 176 Å². The van der Waals surface area contributed by atoms with Crippen LogP contribution in [0, 0.1) is 10.1 Å². The summed E-state index contributed by atoms with van der Waals surface area (Å²) in [6, 6.07) is 7.66. The Kier molecular flexibility index (Phi) is 5.35. The first-order chi connectivity index (χ1) is 15.0. The lowest BCUT2D eigenvalue weighted by Gasteiger charge is -2.26. The van der Waals surface area contributed by atoms with E-state index in [4.69, 9.17) is 4.42 Å². The van der Waals surface area contributed by atoms with Gasteiger partial charge in [0.15, 0.2) is 11.5 Å². The van der Waals surface area contributed by atoms with Crippen LogP contribution in [0.4, 0.5) is 5.69 Å². The highest BCUT2D eigenvalue weighted by molar-refractivity contribution is 6.15. The van der Waals surface area contributed by atoms with Gasteiger partial charge in [0.1, 0.15) is 0 Å². The molecule has 1 aromatic carbocycles. The summed E-state index contributed by atoms with van der Waals surface area (Å²) >= 11 is 0. The van der Waals surface area contributed by atoms with Gasteiger partial charge in [0.2, 0.25) is 5.78 Å². The van der Waals surface area contributed by atoms with E-state index in [1.54, 1.807) is 24.8 Å². The number of amides is 1. The number of ketones is 1. The van der Waals surface area contributed by atoms with E-state index >= 15 is 0 Å². The molecule has 1 unspecified atom stereocenters. The number of benzene rings is 1. The van der Waals surface area contributed by atoms with Crippen molar-refractivity contribution in [3.8, 4) is 0 Å². The fourth-order valence-corrected chi connectivity index (χ4v) is 3.65. The molecule has 10 heteroatoms. The summed E-state index contributed by atoms with van der Waals surface area (Å²) in [5, 5.41) is 21.8. The number of hydrogen-bond acceptors (Lipinski definition) is 7. The fourth-order valence-electron chi connectivity index (χ4n) is 3.65. The zero-order valence-corrected chi connectivity index (χ0v) is 16.2. The molecule has 0 aliphatic carbocycles. The van der Waals surface area contributed by atoms with Crippen LogP contribution in [-0.2, 0) is 11.3 Å². The highest BCUT2D eigenvalue weighted by Gasteiger charge is 2.44. The van der Waals surface area contributed by atoms with Crippen molar-refractivity contribution in [3.63, 3.8) is 0 Å². The number of imidazole rings is 1. The van der Waals surface area contributed by atoms with Crippen molar-refractivity contribution in [1.82, 2.24) is 14.5 Å². The Bertz CT molecular complexity index is 1150. The summed E-state index contributed by atoms with van der Waals surface area (Å²) in [5.74, 6) is -2.08. The maximum Gasteiger partial charge on any atom is 0.290 e. The lowest BCUT2D eigenvalue weighted by atomic mass is 9.94. The number of furan rings is 1. The van der Waals surface area contributed by atoms with Crippen molar-refractivity contribution in [2.24, 2.45) is 0 Å². The number of non-ortho nitro benzene ring substituents is 1. The van der Waals surface area contributed by atoms with Crippen molar-refractivity contribution in [2.75, 3.05) is 6.54 Å². The first-order valence-corrected chi connectivity index (χ1v) is 9.49. The summed E-state index contributed by atoms with van der Waals surface area (Å²) in [6.07, 6.45) is 6.90. The van der Waals surface area contributed by atoms with Gasteiger partial charge in [0.05, 0.1) is 29.1 Å². The molecule has 1 aliphatic rings. The molecular formula is C21H18N4O6. The van der Waals surface area contributed by atoms with Crippen LogP contribution in [-0.4, -0.2) is 42.7 Å². The van der Waals surface area contributed by atoms with Gasteiger partial charge in [0, 0.05) is 37.6 Å². The fraction of sp³-hybridized carbons (Fsp3) is 0.190. The molecule has 0 spiro atoms. The maximum absolute atomic E-state index is 13.0. The van der Waals surface area contributed by atoms with E-state index in [2.05, 4.69) is 4.98 Å². The minimum Gasteiger partial charge on any atom is -0.503 e. The SMILES string of the molecule is O=C(C1=C(O)C(=O)N(CCCn2ccnc2)C1c1cccc([N+](=O)[O-])c1)c1ccco1. The van der Waals surface area contributed by atoms with Crippen molar-refractivity contribution >= 4 is 17.4 Å². The second kappa shape index (κ2) is 8.27. The van der Waals surface area contributed by atoms with Crippen molar-refractivity contribution in [3.05, 3.63) is 94.2 Å². The average Bonchev–Trinajstić information content (AvgIpc) is 3.52. The molecule has 0 radical (unpaired) electrons. The third kappa shape index (κ3) is 3.82. The largest absolute Gasteiger partial charge is 0.503 e. The molecule has 10 nitrogen and oxygen atoms in total. The number of nitro benzene ring substituents is 1. The summed E-state index contributed by atoms with van der Waals surface area (Å²) in [5.41, 5.74) is 0.00622. The van der Waals surface area contributed by atoms with E-state index in [1.807, 2.05) is 4.57 Å². The van der Waals surface area contributed by atoms with Crippen LogP contribution in [0.25, 0.3) is 0 Å². The summed E-state index contributed by atoms with van der Waals surface area (Å²) in [7, 11) is 0. The normalized spacial score (nSPS) is 16.2. The van der Waals surface area contributed by atoms with Crippen LogP contribution in [0.2, 0.25) is 0 Å². The summed E-state index contributed by atoms with van der Waals surface area (Å²) < 4.78 is 7.00. The number of nitrogens with zero attached hydrogens (tertiary/aromatic N) is 4. The monoisotopic (exact) mass is 422 g/mol. The summed E-state index contributed by atoms with van der Waals surface area (Å²) in [4.78, 5) is 41.9. The highest BCUT2D eigenvalue weighted by Crippen LogP contribution is 2.40. The topological polar surface area (TPSA) is 132 Å². The van der Waals surface area contributed by atoms with E-state index in [0.717, 1.165) is 0 Å². The van der Waals surface area contributed by atoms with Crippen LogP contribution >= 0.6 is 0 Å². The standard InChI is InChI=1S/C21H18N4O6/c26-19(16-6-2-11-31-16)17-18(14-4-1-5-15(12-14)25(29)30)24(21(28)20(17)27)9-3-8-23-10-7-22-13-23/h1-2,4-7,10-13,18,27H,3,8-9H2. The van der Waals surface area contributed by atoms with Gasteiger partial charge in [-0.1, -0.05) is 12.1 Å². The number of carbonyl (C=O) groups excluding carboxylic acids is 2. The number of aromatic nitrogens is 2. The molecule has 1 N–H and O–H groups in total. The van der Waals surface area contributed by atoms with Crippen molar-refractivity contribution < 1.29 is 24.0 Å². The Balaban J connectivity index is 1.70. The van der Waals surface area contributed by atoms with Crippen molar-refractivity contribution in [2.45, 2.75) is 19.0 Å². The Morgan fingerprint density at radius 1 is 1.26 bits per heavy atom. The lowest BCUT2D eigenvalue weighted by molar-refractivity contribution is -0.384. The number of carbonyl (C=O) groups is 2. The number of aryl methyl sites for hydroxylation is 1. The Hall–Kier alpha value is -4.21. The number of aliphatic hydroxyl groups excluding tert-OH is 1. The highest BCUT2D eigenvalue weighted by atomic mass is 16.6. The molecule has 1 aliphatic heterocycles. The Morgan fingerprint density at radius 2 is 2.10 bits per heavy atom. The molecule has 4 rings (SSSR count). The van der Waals surface area contributed by atoms with E-state index in [9.17, 15) is 24.8 Å². The third-order valence-electron chi connectivity index (χ3n) is 5.06. The van der Waals surface area contributed by atoms with E-state index in [-0.39, 0.29) is 23.6 Å². The van der Waals surface area contributed by atoms with Crippen molar-refractivity contribution in [1.29, 1.82) is 0 Å². The number of Topliss-reactive ketones (excluding diaryl/α,β-unsaturated/α-hetero) is 1. The van der Waals surface area contributed by atoms with Gasteiger partial charge in [-0.2, -0.15) is 0 Å². The molecule has 31 heavy (non-hydrogen) atoms. The molecule has 0 saturated heterocycles. The molecule has 3 heterocycles. The predicted octanol–water partition coefficient (Wildman–Crippen LogP) is 3.05. The van der Waals surface area contributed by atoms with Crippen LogP contribution in [0.1, 0.15) is 28.6 Å². The van der Waals surface area contributed by atoms with Gasteiger partial charge in [-0.05, 0) is 24.1 Å². The van der Waals surface area contributed by atoms with Gasteiger partial charge in [-0.25, -0.2) is 4.98 Å². The van der Waals surface area contributed by atoms with Crippen LogP contribution in [0.3, 0.4) is 0 Å². The summed E-state index contributed by atoms with van der Waals surface area (Å²) in [6.45, 7) is 0.775. The molecular weight excluding hydrogens is 404 g/mol. The molecule has 1 amide bonds. The van der Waals surface area contributed by atoms with E-state index in [1.165, 1.54) is 41.5 Å². The molecule has 0 saturated carbocycles. The minimum absolute atomic E-state index is 0.0370. The van der Waals surface area contributed by atoms with Gasteiger partial charge in [0.25, 0.3) is 11.6 Å². The first kappa shape index (κ1) is 20.1. The molecule has 0 bridgehead atoms. The first-order valence-electron chi connectivity index (χ1n) is 9.49. The maximum atomic E-state index is 13.0. The minimum atomic E-state index is -0.979. The van der Waals surface area contributed by atoms with Crippen LogP contribution in [0.15, 0.2) is 77.1 Å². The second-order valence-electron chi connectivity index (χ2n) is 6.98. The van der Waals surface area contributed by atoms with E-state index in [0.29, 0.717) is 18.5 Å². The zero-order valence-electron chi connectivity index (χ0n) is 16.2. The van der Waals surface area contributed by atoms with Crippen LogP contribution < -0.4 is 0 Å². The molecule has 3 aromatic rings. The molecule has 1 atom stereocenters. The average molecular weight is 422 g/mol. The molecule has 158 valence electrons. The molecule has 2 aromatic heterocycles. The van der Waals surface area contributed by atoms with E-state index < -0.39 is 28.4 Å². The van der Waals surface area contributed by atoms with Gasteiger partial charge in [-0.15, -0.1) is 0 Å². The number of hydrogen-bond donors (Lipinski definition) is 1. The second-order valence-corrected chi connectivity index (χ2v) is 6.98. The lowest BCUT2D eigenvalue weighted by Crippen LogP contribution is -2.32. The molecule has 0 fully saturated rings. The third-order valence-corrected chi connectivity index (χ3v) is 5.06. The van der Waals surface area contributed by atoms with Crippen LogP contribution in [0.5, 0.6) is 0 Å². The van der Waals surface area contributed by atoms with Gasteiger partial charge in [-0.3, -0.25) is 19.7 Å². The number of nitro groups is 1. The van der Waals surface area contributed by atoms with Gasteiger partial charge >= 0.3 is 0 Å². The zero-order chi connectivity index (χ0) is 22.0. The number of rotatable bonds is 8. The predicted molar refractivity (Wildman–Crippen MR) is 107 cm³/mol. The number of aliphatic hydroxyl groups is 1.